The Morgan fingerprint density at radius 3 is 2.32 bits per heavy atom. The van der Waals surface area contributed by atoms with Gasteiger partial charge < -0.3 is 29.2 Å². The van der Waals surface area contributed by atoms with Gasteiger partial charge in [-0.25, -0.2) is 0 Å². The van der Waals surface area contributed by atoms with Gasteiger partial charge in [0.25, 0.3) is 10.1 Å². The molecule has 0 aromatic heterocycles. The van der Waals surface area contributed by atoms with Crippen LogP contribution in [0.2, 0.25) is 0 Å². The molecule has 1 aliphatic rings. The van der Waals surface area contributed by atoms with Gasteiger partial charge >= 0.3 is 0 Å². The Hall–Kier alpha value is -0.330. The van der Waals surface area contributed by atoms with Gasteiger partial charge in [-0.2, -0.15) is 8.42 Å². The lowest BCUT2D eigenvalue weighted by atomic mass is 9.99. The summed E-state index contributed by atoms with van der Waals surface area (Å²) in [5.41, 5.74) is 0. The summed E-state index contributed by atoms with van der Waals surface area (Å²) in [7, 11) is -1.21. The van der Waals surface area contributed by atoms with Gasteiger partial charge in [0.05, 0.1) is 12.4 Å². The molecule has 5 unspecified atom stereocenters. The van der Waals surface area contributed by atoms with E-state index in [0.717, 1.165) is 0 Å². The van der Waals surface area contributed by atoms with E-state index in [0.29, 0.717) is 6.42 Å². The van der Waals surface area contributed by atoms with Crippen LogP contribution >= 0.6 is 0 Å². The highest BCUT2D eigenvalue weighted by atomic mass is 32.2. The van der Waals surface area contributed by atoms with Crippen LogP contribution in [0.4, 0.5) is 0 Å². The van der Waals surface area contributed by atoms with Gasteiger partial charge in [-0.3, -0.25) is 4.55 Å². The minimum absolute atomic E-state index is 0.0913. The number of hydrogen-bond acceptors (Lipinski definition) is 8. The number of rotatable bonds is 9. The zero-order valence-electron chi connectivity index (χ0n) is 12.6. The molecule has 1 heterocycles. The molecule has 0 saturated carbocycles. The number of aliphatic hydroxyl groups is 2. The second-order valence-corrected chi connectivity index (χ2v) is 6.60. The molecule has 22 heavy (non-hydrogen) atoms. The average Bonchev–Trinajstić information content (AvgIpc) is 2.45. The highest BCUT2D eigenvalue weighted by Crippen LogP contribution is 2.23. The van der Waals surface area contributed by atoms with Gasteiger partial charge in [0.2, 0.25) is 0 Å². The van der Waals surface area contributed by atoms with Gasteiger partial charge in [0, 0.05) is 20.8 Å². The van der Waals surface area contributed by atoms with Crippen molar-refractivity contribution in [2.75, 3.05) is 33.2 Å². The van der Waals surface area contributed by atoms with Crippen molar-refractivity contribution >= 4 is 10.1 Å². The molecule has 0 aromatic carbocycles. The fourth-order valence-electron chi connectivity index (χ4n) is 2.21. The number of unbranched alkanes of at least 4 members (excludes halogenated alkanes) is 1. The van der Waals surface area contributed by atoms with Crippen LogP contribution in [0.5, 0.6) is 0 Å². The molecule has 9 nitrogen and oxygen atoms in total. The van der Waals surface area contributed by atoms with Crippen molar-refractivity contribution in [1.29, 1.82) is 0 Å². The monoisotopic (exact) mass is 344 g/mol. The first kappa shape index (κ1) is 19.7. The van der Waals surface area contributed by atoms with Crippen LogP contribution < -0.4 is 0 Å². The highest BCUT2D eigenvalue weighted by Gasteiger charge is 2.45. The molecule has 0 bridgehead atoms. The molecule has 10 heteroatoms. The van der Waals surface area contributed by atoms with Crippen LogP contribution in [-0.2, 0) is 29.1 Å². The molecular weight excluding hydrogens is 320 g/mol. The van der Waals surface area contributed by atoms with Gasteiger partial charge in [-0.05, 0) is 12.8 Å². The predicted octanol–water partition coefficient (Wildman–Crippen LogP) is -1.22. The van der Waals surface area contributed by atoms with Crippen LogP contribution in [0, 0.1) is 0 Å². The van der Waals surface area contributed by atoms with Crippen LogP contribution in [0.25, 0.3) is 0 Å². The lowest BCUT2D eigenvalue weighted by molar-refractivity contribution is -0.299. The van der Waals surface area contributed by atoms with Gasteiger partial charge in [0.15, 0.2) is 6.29 Å². The van der Waals surface area contributed by atoms with Crippen LogP contribution in [0.1, 0.15) is 12.8 Å². The molecule has 0 aliphatic carbocycles. The lowest BCUT2D eigenvalue weighted by Gasteiger charge is -2.41. The van der Waals surface area contributed by atoms with E-state index in [4.69, 9.17) is 23.5 Å². The Morgan fingerprint density at radius 2 is 1.77 bits per heavy atom. The third-order valence-corrected chi connectivity index (χ3v) is 4.17. The van der Waals surface area contributed by atoms with E-state index in [9.17, 15) is 18.6 Å². The highest BCUT2D eigenvalue weighted by molar-refractivity contribution is 7.85. The molecule has 0 radical (unpaired) electrons. The van der Waals surface area contributed by atoms with Crippen LogP contribution in [0.3, 0.4) is 0 Å². The maximum absolute atomic E-state index is 10.5. The summed E-state index contributed by atoms with van der Waals surface area (Å²) < 4.78 is 50.6. The third kappa shape index (κ3) is 6.05. The fourth-order valence-corrected chi connectivity index (χ4v) is 2.78. The van der Waals surface area contributed by atoms with Crippen molar-refractivity contribution in [2.45, 2.75) is 43.5 Å². The second kappa shape index (κ2) is 9.08. The molecule has 5 atom stereocenters. The maximum atomic E-state index is 10.5. The quantitative estimate of drug-likeness (QED) is 0.348. The van der Waals surface area contributed by atoms with Crippen molar-refractivity contribution in [3.8, 4) is 0 Å². The smallest absolute Gasteiger partial charge is 0.264 e. The Morgan fingerprint density at radius 1 is 1.09 bits per heavy atom. The van der Waals surface area contributed by atoms with Crippen LogP contribution in [0.15, 0.2) is 0 Å². The topological polar surface area (TPSA) is 132 Å². The summed E-state index contributed by atoms with van der Waals surface area (Å²) in [5, 5.41) is 19.7. The molecule has 3 N–H and O–H groups in total. The predicted molar refractivity (Wildman–Crippen MR) is 74.9 cm³/mol. The van der Waals surface area contributed by atoms with Gasteiger partial charge in [0.1, 0.15) is 24.4 Å². The number of ether oxygens (including phenoxy) is 4. The van der Waals surface area contributed by atoms with Crippen molar-refractivity contribution in [3.05, 3.63) is 0 Å². The van der Waals surface area contributed by atoms with E-state index in [1.54, 1.807) is 0 Å². The Bertz CT molecular complexity index is 413. The summed E-state index contributed by atoms with van der Waals surface area (Å²) >= 11 is 0. The van der Waals surface area contributed by atoms with E-state index in [-0.39, 0.29) is 25.4 Å². The van der Waals surface area contributed by atoms with Gasteiger partial charge in [-0.15, -0.1) is 0 Å². The molecule has 1 fully saturated rings. The summed E-state index contributed by atoms with van der Waals surface area (Å²) in [5.74, 6) is -0.312. The van der Waals surface area contributed by atoms with Gasteiger partial charge in [-0.1, -0.05) is 0 Å². The van der Waals surface area contributed by atoms with E-state index in [2.05, 4.69) is 0 Å². The third-order valence-electron chi connectivity index (χ3n) is 3.37. The first-order chi connectivity index (χ1) is 10.3. The average molecular weight is 344 g/mol. The SMILES string of the molecule is COC1OC(COCCCCS(=O)(=O)O)C(OC)C(O)C1O. The summed E-state index contributed by atoms with van der Waals surface area (Å²) in [4.78, 5) is 0. The van der Waals surface area contributed by atoms with E-state index in [1.165, 1.54) is 14.2 Å². The molecule has 132 valence electrons. The molecule has 0 spiro atoms. The Labute approximate surface area is 129 Å². The maximum Gasteiger partial charge on any atom is 0.264 e. The summed E-state index contributed by atoms with van der Waals surface area (Å²) in [6.07, 6.45) is -4.04. The zero-order chi connectivity index (χ0) is 16.8. The zero-order valence-corrected chi connectivity index (χ0v) is 13.4. The van der Waals surface area contributed by atoms with E-state index < -0.39 is 40.8 Å². The van der Waals surface area contributed by atoms with Crippen molar-refractivity contribution in [1.82, 2.24) is 0 Å². The summed E-state index contributed by atoms with van der Waals surface area (Å²) in [6, 6.07) is 0. The standard InChI is InChI=1S/C12H24O9S/c1-18-11-8(21-12(19-2)10(14)9(11)13)7-20-5-3-4-6-22(15,16)17/h8-14H,3-7H2,1-2H3,(H,15,16,17). The van der Waals surface area contributed by atoms with E-state index in [1.807, 2.05) is 0 Å². The minimum Gasteiger partial charge on any atom is -0.387 e. The minimum atomic E-state index is -3.95. The molecule has 1 aliphatic heterocycles. The lowest BCUT2D eigenvalue weighted by Crippen LogP contribution is -2.59. The number of hydrogen-bond donors (Lipinski definition) is 3. The molecule has 1 saturated heterocycles. The second-order valence-electron chi connectivity index (χ2n) is 5.03. The first-order valence-corrected chi connectivity index (χ1v) is 8.51. The Kier molecular flexibility index (Phi) is 8.14. The molecule has 1 rings (SSSR count). The largest absolute Gasteiger partial charge is 0.387 e. The van der Waals surface area contributed by atoms with Crippen molar-refractivity contribution < 1.29 is 42.1 Å². The van der Waals surface area contributed by atoms with E-state index >= 15 is 0 Å². The fraction of sp³-hybridized carbons (Fsp3) is 1.00. The molecule has 0 aromatic rings. The number of methoxy groups -OCH3 is 2. The first-order valence-electron chi connectivity index (χ1n) is 6.90. The summed E-state index contributed by atoms with van der Waals surface area (Å²) in [6.45, 7) is 0.357. The van der Waals surface area contributed by atoms with Crippen LogP contribution in [-0.4, -0.2) is 87.1 Å². The van der Waals surface area contributed by atoms with Crippen molar-refractivity contribution in [3.63, 3.8) is 0 Å². The Balaban J connectivity index is 2.36. The normalized spacial score (nSPS) is 33.0. The molecule has 0 amide bonds. The van der Waals surface area contributed by atoms with Crippen molar-refractivity contribution in [2.24, 2.45) is 0 Å². The molecular formula is C12H24O9S. The number of aliphatic hydroxyl groups excluding tert-OH is 2.